The van der Waals surface area contributed by atoms with E-state index in [0.29, 0.717) is 12.1 Å². The van der Waals surface area contributed by atoms with Crippen molar-refractivity contribution >= 4 is 27.5 Å². The van der Waals surface area contributed by atoms with Gasteiger partial charge in [-0.05, 0) is 54.5 Å². The Bertz CT molecular complexity index is 1430. The zero-order valence-electron chi connectivity index (χ0n) is 25.9. The van der Waals surface area contributed by atoms with Gasteiger partial charge in [0.25, 0.3) is 0 Å². The largest absolute Gasteiger partial charge is 0.352 e. The van der Waals surface area contributed by atoms with Crippen LogP contribution in [0.15, 0.2) is 78.9 Å². The van der Waals surface area contributed by atoms with Crippen molar-refractivity contribution in [2.24, 2.45) is 0 Å². The smallest absolute Gasteiger partial charge is 0.244 e. The van der Waals surface area contributed by atoms with Crippen LogP contribution < -0.4 is 9.62 Å². The number of carbonyl (C=O) groups excluding carboxylic acids is 2. The van der Waals surface area contributed by atoms with E-state index in [1.54, 1.807) is 12.1 Å². The van der Waals surface area contributed by atoms with Crippen LogP contribution in [0.4, 0.5) is 5.69 Å². The average Bonchev–Trinajstić information content (AvgIpc) is 2.94. The third-order valence-corrected chi connectivity index (χ3v) is 8.59. The van der Waals surface area contributed by atoms with E-state index < -0.39 is 28.5 Å². The van der Waals surface area contributed by atoms with Crippen LogP contribution in [0.3, 0.4) is 0 Å². The Balaban J connectivity index is 2.05. The summed E-state index contributed by atoms with van der Waals surface area (Å²) in [4.78, 5) is 29.5. The average molecular weight is 592 g/mol. The molecule has 0 saturated heterocycles. The van der Waals surface area contributed by atoms with Crippen molar-refractivity contribution in [3.63, 3.8) is 0 Å². The number of hydrogen-bond donors (Lipinski definition) is 1. The zero-order valence-corrected chi connectivity index (χ0v) is 26.7. The van der Waals surface area contributed by atoms with E-state index >= 15 is 0 Å². The molecule has 0 saturated carbocycles. The van der Waals surface area contributed by atoms with Crippen LogP contribution in [0, 0.1) is 6.92 Å². The Kier molecular flexibility index (Phi) is 11.0. The van der Waals surface area contributed by atoms with Crippen LogP contribution in [0.5, 0.6) is 0 Å². The third-order valence-electron chi connectivity index (χ3n) is 7.45. The molecule has 0 spiro atoms. The van der Waals surface area contributed by atoms with Crippen molar-refractivity contribution in [1.29, 1.82) is 0 Å². The molecule has 0 aliphatic carbocycles. The molecule has 0 radical (unpaired) electrons. The summed E-state index contributed by atoms with van der Waals surface area (Å²) in [5.41, 5.74) is 4.18. The first-order chi connectivity index (χ1) is 19.7. The molecule has 0 heterocycles. The lowest BCUT2D eigenvalue weighted by Crippen LogP contribution is -2.54. The fourth-order valence-electron chi connectivity index (χ4n) is 4.63. The van der Waals surface area contributed by atoms with E-state index in [1.165, 1.54) is 4.90 Å². The maximum atomic E-state index is 14.2. The Morgan fingerprint density at radius 2 is 1.48 bits per heavy atom. The van der Waals surface area contributed by atoms with Crippen molar-refractivity contribution in [3.05, 3.63) is 101 Å². The normalized spacial score (nSPS) is 13.2. The van der Waals surface area contributed by atoms with Crippen molar-refractivity contribution in [3.8, 4) is 0 Å². The summed E-state index contributed by atoms with van der Waals surface area (Å²) in [5.74, 6) is -0.727. The van der Waals surface area contributed by atoms with Gasteiger partial charge >= 0.3 is 0 Å². The molecule has 0 fully saturated rings. The molecule has 2 atom stereocenters. The first-order valence-electron chi connectivity index (χ1n) is 14.5. The molecule has 2 amide bonds. The quantitative estimate of drug-likeness (QED) is 0.297. The van der Waals surface area contributed by atoms with Gasteiger partial charge in [-0.3, -0.25) is 13.9 Å². The van der Waals surface area contributed by atoms with Crippen molar-refractivity contribution in [2.45, 2.75) is 78.4 Å². The minimum Gasteiger partial charge on any atom is -0.352 e. The summed E-state index contributed by atoms with van der Waals surface area (Å²) in [6.07, 6.45) is 2.13. The number of benzene rings is 3. The number of amides is 2. The van der Waals surface area contributed by atoms with Gasteiger partial charge in [-0.2, -0.15) is 0 Å². The van der Waals surface area contributed by atoms with Crippen LogP contribution in [-0.4, -0.2) is 50.0 Å². The van der Waals surface area contributed by atoms with Gasteiger partial charge in [0.1, 0.15) is 12.6 Å². The Labute approximate surface area is 252 Å². The Morgan fingerprint density at radius 1 is 0.881 bits per heavy atom. The van der Waals surface area contributed by atoms with Gasteiger partial charge in [0.05, 0.1) is 11.9 Å². The zero-order chi connectivity index (χ0) is 31.1. The summed E-state index contributed by atoms with van der Waals surface area (Å²) >= 11 is 0. The maximum absolute atomic E-state index is 14.2. The monoisotopic (exact) mass is 591 g/mol. The van der Waals surface area contributed by atoms with E-state index in [4.69, 9.17) is 0 Å². The molecule has 0 aliphatic heterocycles. The second kappa shape index (κ2) is 14.0. The number of nitrogens with zero attached hydrogens (tertiary/aromatic N) is 2. The fraction of sp³-hybridized carbons (Fsp3) is 0.412. The molecule has 226 valence electrons. The molecule has 1 N–H and O–H groups in total. The first-order valence-corrected chi connectivity index (χ1v) is 16.3. The number of hydrogen-bond acceptors (Lipinski definition) is 4. The molecular formula is C34H45N3O4S. The van der Waals surface area contributed by atoms with Gasteiger partial charge in [-0.1, -0.05) is 100.0 Å². The molecule has 7 nitrogen and oxygen atoms in total. The molecule has 0 unspecified atom stereocenters. The minimum atomic E-state index is -3.82. The van der Waals surface area contributed by atoms with Crippen LogP contribution in [0.25, 0.3) is 0 Å². The number of aryl methyl sites for hydroxylation is 1. The molecular weight excluding hydrogens is 546 g/mol. The minimum absolute atomic E-state index is 0.0825. The van der Waals surface area contributed by atoms with E-state index in [9.17, 15) is 18.0 Å². The molecule has 3 aromatic carbocycles. The third kappa shape index (κ3) is 9.18. The van der Waals surface area contributed by atoms with Gasteiger partial charge < -0.3 is 10.2 Å². The van der Waals surface area contributed by atoms with Crippen LogP contribution >= 0.6 is 0 Å². The molecule has 0 aromatic heterocycles. The molecule has 3 rings (SSSR count). The number of sulfonamides is 1. The standard InChI is InChI=1S/C34H45N3O4S/c1-8-26(3)35-33(39)31(22-27-12-10-9-11-13-27)36(23-28-16-14-25(2)15-17-28)32(38)24-37(42(7,40)41)30-20-18-29(19-21-30)34(4,5)6/h9-21,26,31H,8,22-24H2,1-7H3,(H,35,39)/t26-,31+/m1/s1. The fourth-order valence-corrected chi connectivity index (χ4v) is 5.48. The Morgan fingerprint density at radius 3 is 2.00 bits per heavy atom. The lowest BCUT2D eigenvalue weighted by atomic mass is 9.87. The predicted octanol–water partition coefficient (Wildman–Crippen LogP) is 5.61. The molecule has 0 aliphatic rings. The summed E-state index contributed by atoms with van der Waals surface area (Å²) < 4.78 is 27.2. The van der Waals surface area contributed by atoms with Crippen molar-refractivity contribution in [1.82, 2.24) is 10.2 Å². The van der Waals surface area contributed by atoms with Gasteiger partial charge in [-0.25, -0.2) is 8.42 Å². The highest BCUT2D eigenvalue weighted by Crippen LogP contribution is 2.26. The number of carbonyl (C=O) groups is 2. The van der Waals surface area contributed by atoms with E-state index in [2.05, 4.69) is 26.1 Å². The van der Waals surface area contributed by atoms with Crippen molar-refractivity contribution in [2.75, 3.05) is 17.1 Å². The maximum Gasteiger partial charge on any atom is 0.244 e. The second-order valence-corrected chi connectivity index (χ2v) is 14.0. The Hall–Kier alpha value is -3.65. The summed E-state index contributed by atoms with van der Waals surface area (Å²) in [5, 5.41) is 3.05. The molecule has 0 bridgehead atoms. The topological polar surface area (TPSA) is 86.8 Å². The number of nitrogens with one attached hydrogen (secondary N) is 1. The van der Waals surface area contributed by atoms with Crippen LogP contribution in [0.1, 0.15) is 63.3 Å². The highest BCUT2D eigenvalue weighted by molar-refractivity contribution is 7.92. The molecule has 8 heteroatoms. The first kappa shape index (κ1) is 32.9. The molecule has 3 aromatic rings. The van der Waals surface area contributed by atoms with Gasteiger partial charge in [0, 0.05) is 19.0 Å². The summed E-state index contributed by atoms with van der Waals surface area (Å²) in [7, 11) is -3.82. The summed E-state index contributed by atoms with van der Waals surface area (Å²) in [6, 6.07) is 23.7. The van der Waals surface area contributed by atoms with Crippen molar-refractivity contribution < 1.29 is 18.0 Å². The SMILES string of the molecule is CC[C@@H](C)NC(=O)[C@H](Cc1ccccc1)N(Cc1ccc(C)cc1)C(=O)CN(c1ccc(C(C)(C)C)cc1)S(C)(=O)=O. The van der Waals surface area contributed by atoms with Gasteiger partial charge in [-0.15, -0.1) is 0 Å². The highest BCUT2D eigenvalue weighted by atomic mass is 32.2. The predicted molar refractivity (Wildman–Crippen MR) is 171 cm³/mol. The highest BCUT2D eigenvalue weighted by Gasteiger charge is 2.33. The van der Waals surface area contributed by atoms with Gasteiger partial charge in [0.2, 0.25) is 21.8 Å². The van der Waals surface area contributed by atoms with E-state index in [-0.39, 0.29) is 23.9 Å². The summed E-state index contributed by atoms with van der Waals surface area (Å²) in [6.45, 7) is 11.9. The lowest BCUT2D eigenvalue weighted by molar-refractivity contribution is -0.140. The van der Waals surface area contributed by atoms with E-state index in [1.807, 2.05) is 87.5 Å². The molecule has 42 heavy (non-hydrogen) atoms. The van der Waals surface area contributed by atoms with E-state index in [0.717, 1.165) is 39.2 Å². The number of anilines is 1. The van der Waals surface area contributed by atoms with Crippen LogP contribution in [-0.2, 0) is 38.0 Å². The van der Waals surface area contributed by atoms with Gasteiger partial charge in [0.15, 0.2) is 0 Å². The second-order valence-electron chi connectivity index (χ2n) is 12.1. The van der Waals surface area contributed by atoms with Crippen LogP contribution in [0.2, 0.25) is 0 Å². The lowest BCUT2D eigenvalue weighted by Gasteiger charge is -2.34. The number of rotatable bonds is 12.